The van der Waals surface area contributed by atoms with E-state index in [4.69, 9.17) is 21.3 Å². The van der Waals surface area contributed by atoms with Crippen LogP contribution in [0.4, 0.5) is 9.18 Å². The van der Waals surface area contributed by atoms with E-state index in [0.717, 1.165) is 6.42 Å². The van der Waals surface area contributed by atoms with Crippen LogP contribution in [-0.2, 0) is 14.3 Å². The molecular weight excluding hydrogens is 587 g/mol. The Kier molecular flexibility index (Phi) is 7.90. The summed E-state index contributed by atoms with van der Waals surface area (Å²) in [5, 5.41) is 15.5. The minimum atomic E-state index is -0.860. The van der Waals surface area contributed by atoms with E-state index < -0.39 is 29.7 Å². The highest BCUT2D eigenvalue weighted by molar-refractivity contribution is 7.11. The molecule has 6 rings (SSSR count). The molecule has 1 saturated carbocycles. The third kappa shape index (κ3) is 5.25. The lowest BCUT2D eigenvalue weighted by Crippen LogP contribution is -2.53. The van der Waals surface area contributed by atoms with Gasteiger partial charge in [0.2, 0.25) is 0 Å². The predicted octanol–water partition coefficient (Wildman–Crippen LogP) is 3.13. The number of halogens is 2. The highest BCUT2D eigenvalue weighted by Crippen LogP contribution is 2.38. The van der Waals surface area contributed by atoms with Gasteiger partial charge in [0.1, 0.15) is 11.9 Å². The Balaban J connectivity index is 1.28. The summed E-state index contributed by atoms with van der Waals surface area (Å²) < 4.78 is 19.1. The van der Waals surface area contributed by atoms with Crippen molar-refractivity contribution in [3.8, 4) is 0 Å². The first-order valence-corrected chi connectivity index (χ1v) is 15.0. The summed E-state index contributed by atoms with van der Waals surface area (Å²) >= 11 is 7.84. The van der Waals surface area contributed by atoms with Gasteiger partial charge in [-0.25, -0.2) is 19.0 Å². The number of esters is 1. The number of thiazole rings is 1. The summed E-state index contributed by atoms with van der Waals surface area (Å²) in [4.78, 5) is 53.2. The van der Waals surface area contributed by atoms with Crippen LogP contribution in [-0.4, -0.2) is 101 Å². The Labute approximate surface area is 250 Å². The Morgan fingerprint density at radius 1 is 1.24 bits per heavy atom. The number of methoxy groups -OCH3 is 1. The number of carbonyl (C=O) groups is 3. The minimum absolute atomic E-state index is 0.104. The van der Waals surface area contributed by atoms with E-state index in [0.29, 0.717) is 67.7 Å². The molecule has 2 aromatic rings. The third-order valence-corrected chi connectivity index (χ3v) is 9.57. The summed E-state index contributed by atoms with van der Waals surface area (Å²) in [6.07, 6.45) is 3.72. The van der Waals surface area contributed by atoms with Gasteiger partial charge >= 0.3 is 18.0 Å². The fourth-order valence-corrected chi connectivity index (χ4v) is 7.37. The van der Waals surface area contributed by atoms with Crippen molar-refractivity contribution in [2.24, 2.45) is 10.9 Å². The fourth-order valence-electron chi connectivity index (χ4n) is 6.51. The zero-order valence-corrected chi connectivity index (χ0v) is 24.4. The number of amidine groups is 1. The van der Waals surface area contributed by atoms with Crippen molar-refractivity contribution >= 4 is 46.7 Å². The number of aliphatic imine (C=N–C) groups is 1. The molecule has 3 fully saturated rings. The smallest absolute Gasteiger partial charge is 0.338 e. The molecule has 11 nitrogen and oxygen atoms in total. The second-order valence-electron chi connectivity index (χ2n) is 10.9. The SMILES string of the molecule is COC(=O)C1=C(CN2CCN3C(=O)N([C@H]4CCC[C@@H]4C(=O)O)C[C@@H]3C2)NC(c2nccs2)=N[C@H]1c1ccc(F)cc1Cl. The maximum atomic E-state index is 13.9. The van der Waals surface area contributed by atoms with Crippen molar-refractivity contribution in [2.75, 3.05) is 39.8 Å². The lowest BCUT2D eigenvalue weighted by molar-refractivity contribution is -0.143. The minimum Gasteiger partial charge on any atom is -0.481 e. The molecular formula is C28H30ClFN6O5S. The van der Waals surface area contributed by atoms with Crippen LogP contribution in [0.25, 0.3) is 0 Å². The molecule has 4 aliphatic rings. The molecule has 1 aromatic carbocycles. The fraction of sp³-hybridized carbons (Fsp3) is 0.464. The number of ether oxygens (including phenoxy) is 1. The average Bonchev–Trinajstić information content (AvgIpc) is 3.73. The molecule has 0 bridgehead atoms. The van der Waals surface area contributed by atoms with Gasteiger partial charge in [0.25, 0.3) is 0 Å². The summed E-state index contributed by atoms with van der Waals surface area (Å²) in [5.41, 5.74) is 1.27. The zero-order chi connectivity index (χ0) is 29.5. The molecule has 0 spiro atoms. The maximum absolute atomic E-state index is 13.9. The molecule has 2 amide bonds. The van der Waals surface area contributed by atoms with Gasteiger partial charge in [0, 0.05) is 66.6 Å². The number of aliphatic carboxylic acids is 1. The van der Waals surface area contributed by atoms with E-state index in [9.17, 15) is 23.9 Å². The number of amides is 2. The van der Waals surface area contributed by atoms with E-state index >= 15 is 0 Å². The Hall–Kier alpha value is -3.55. The van der Waals surface area contributed by atoms with Gasteiger partial charge in [-0.2, -0.15) is 0 Å². The van der Waals surface area contributed by atoms with Gasteiger partial charge in [-0.1, -0.05) is 24.1 Å². The van der Waals surface area contributed by atoms with Crippen LogP contribution in [0.15, 0.2) is 46.0 Å². The molecule has 2 N–H and O–H groups in total. The number of urea groups is 1. The molecule has 1 aliphatic carbocycles. The van der Waals surface area contributed by atoms with Crippen molar-refractivity contribution in [3.63, 3.8) is 0 Å². The molecule has 222 valence electrons. The zero-order valence-electron chi connectivity index (χ0n) is 22.8. The molecule has 14 heteroatoms. The normalized spacial score (nSPS) is 26.3. The van der Waals surface area contributed by atoms with Gasteiger partial charge in [-0.15, -0.1) is 11.3 Å². The molecule has 0 unspecified atom stereocenters. The molecule has 3 aliphatic heterocycles. The summed E-state index contributed by atoms with van der Waals surface area (Å²) in [7, 11) is 1.29. The number of carboxylic acids is 1. The third-order valence-electron chi connectivity index (χ3n) is 8.47. The molecule has 42 heavy (non-hydrogen) atoms. The number of hydrogen-bond donors (Lipinski definition) is 2. The van der Waals surface area contributed by atoms with Gasteiger partial charge < -0.3 is 25.0 Å². The first-order chi connectivity index (χ1) is 20.2. The van der Waals surface area contributed by atoms with E-state index in [-0.39, 0.29) is 28.7 Å². The van der Waals surface area contributed by atoms with Gasteiger partial charge in [-0.05, 0) is 25.0 Å². The Morgan fingerprint density at radius 2 is 2.07 bits per heavy atom. The molecule has 2 saturated heterocycles. The number of rotatable bonds is 7. The van der Waals surface area contributed by atoms with E-state index in [1.165, 1.54) is 36.6 Å². The molecule has 1 aromatic heterocycles. The lowest BCUT2D eigenvalue weighted by atomic mass is 9.95. The average molecular weight is 617 g/mol. The summed E-state index contributed by atoms with van der Waals surface area (Å²) in [6, 6.07) is 2.61. The first-order valence-electron chi connectivity index (χ1n) is 13.8. The molecule has 4 atom stereocenters. The van der Waals surface area contributed by atoms with Gasteiger partial charge in [0.15, 0.2) is 10.8 Å². The number of hydrogen-bond acceptors (Lipinski definition) is 9. The quantitative estimate of drug-likeness (QED) is 0.454. The number of aromatic nitrogens is 1. The number of piperazine rings is 1. The molecule has 0 radical (unpaired) electrons. The van der Waals surface area contributed by atoms with Crippen LogP contribution in [0.5, 0.6) is 0 Å². The van der Waals surface area contributed by atoms with Crippen molar-refractivity contribution in [3.05, 3.63) is 62.5 Å². The largest absolute Gasteiger partial charge is 0.481 e. The second-order valence-corrected chi connectivity index (χ2v) is 12.2. The Bertz CT molecular complexity index is 1470. The number of carboxylic acid groups (broad SMARTS) is 1. The molecule has 4 heterocycles. The van der Waals surface area contributed by atoms with Crippen molar-refractivity contribution in [1.82, 2.24) is 25.0 Å². The number of nitrogens with zero attached hydrogens (tertiary/aromatic N) is 5. The standard InChI is InChI=1S/C28H30ClFN6O5S/c1-41-27(39)22-20(32-24(25-31-7-10-42-25)33-23(22)17-6-5-15(30)11-19(17)29)14-34-8-9-35-16(12-34)13-36(28(35)40)21-4-2-3-18(21)26(37)38/h5-7,10-11,16,18,21,23H,2-4,8-9,12-14H2,1H3,(H,32,33)(H,37,38)/t16-,18-,21-,23-/m0/s1. The van der Waals surface area contributed by atoms with Crippen LogP contribution in [0, 0.1) is 11.7 Å². The first kappa shape index (κ1) is 28.6. The number of nitrogens with one attached hydrogen (secondary N) is 1. The van der Waals surface area contributed by atoms with Crippen LogP contribution in [0.2, 0.25) is 5.02 Å². The number of carbonyl (C=O) groups excluding carboxylic acids is 2. The van der Waals surface area contributed by atoms with Crippen LogP contribution in [0.1, 0.15) is 35.9 Å². The van der Waals surface area contributed by atoms with E-state index in [2.05, 4.69) is 15.2 Å². The lowest BCUT2D eigenvalue weighted by Gasteiger charge is -2.38. The number of fused-ring (bicyclic) bond motifs is 1. The topological polar surface area (TPSA) is 128 Å². The van der Waals surface area contributed by atoms with Crippen LogP contribution < -0.4 is 5.32 Å². The van der Waals surface area contributed by atoms with Gasteiger partial charge in [-0.3, -0.25) is 14.7 Å². The van der Waals surface area contributed by atoms with Crippen LogP contribution in [0.3, 0.4) is 0 Å². The van der Waals surface area contributed by atoms with Gasteiger partial charge in [0.05, 0.1) is 24.6 Å². The maximum Gasteiger partial charge on any atom is 0.338 e. The van der Waals surface area contributed by atoms with Crippen LogP contribution >= 0.6 is 22.9 Å². The Morgan fingerprint density at radius 3 is 2.79 bits per heavy atom. The second kappa shape index (κ2) is 11.6. The van der Waals surface area contributed by atoms with E-state index in [1.807, 2.05) is 10.3 Å². The monoisotopic (exact) mass is 616 g/mol. The highest BCUT2D eigenvalue weighted by Gasteiger charge is 2.48. The highest BCUT2D eigenvalue weighted by atomic mass is 35.5. The predicted molar refractivity (Wildman–Crippen MR) is 153 cm³/mol. The van der Waals surface area contributed by atoms with Crippen molar-refractivity contribution in [2.45, 2.75) is 37.4 Å². The van der Waals surface area contributed by atoms with E-state index in [1.54, 1.807) is 11.1 Å². The van der Waals surface area contributed by atoms with Crippen molar-refractivity contribution in [1.29, 1.82) is 0 Å². The number of benzene rings is 1. The van der Waals surface area contributed by atoms with Crippen molar-refractivity contribution < 1.29 is 28.6 Å². The summed E-state index contributed by atoms with van der Waals surface area (Å²) in [6.45, 7) is 2.35. The summed E-state index contributed by atoms with van der Waals surface area (Å²) in [5.74, 6) is -2.03.